The van der Waals surface area contributed by atoms with Crippen LogP contribution in [0.5, 0.6) is 5.75 Å². The van der Waals surface area contributed by atoms with Gasteiger partial charge in [-0.1, -0.05) is 84.9 Å². The molecule has 6 nitrogen and oxygen atoms in total. The maximum absolute atomic E-state index is 13.4. The van der Waals surface area contributed by atoms with Crippen molar-refractivity contribution >= 4 is 32.2 Å². The number of rotatable bonds is 8. The highest BCUT2D eigenvalue weighted by molar-refractivity contribution is 7.94. The van der Waals surface area contributed by atoms with Gasteiger partial charge in [0.25, 0.3) is 0 Å². The topological polar surface area (TPSA) is 107 Å². The second-order valence-electron chi connectivity index (χ2n) is 7.69. The van der Waals surface area contributed by atoms with Gasteiger partial charge in [0.1, 0.15) is 11.1 Å². The van der Waals surface area contributed by atoms with Crippen LogP contribution in [0.4, 0.5) is 0 Å². The van der Waals surface area contributed by atoms with Crippen molar-refractivity contribution in [2.75, 3.05) is 6.61 Å². The third-order valence-corrected chi connectivity index (χ3v) is 6.89. The molecule has 1 atom stereocenters. The number of carboxylic acids is 1. The lowest BCUT2D eigenvalue weighted by atomic mass is 10.00. The Kier molecular flexibility index (Phi) is 6.77. The Balaban J connectivity index is 1.73. The van der Waals surface area contributed by atoms with E-state index in [0.29, 0.717) is 27.7 Å². The van der Waals surface area contributed by atoms with Crippen molar-refractivity contribution in [1.82, 2.24) is 0 Å². The van der Waals surface area contributed by atoms with Gasteiger partial charge in [-0.3, -0.25) is 0 Å². The van der Waals surface area contributed by atoms with Crippen molar-refractivity contribution < 1.29 is 23.1 Å². The summed E-state index contributed by atoms with van der Waals surface area (Å²) in [5, 5.41) is 10.2. The molecule has 3 N–H and O–H groups in total. The number of benzene rings is 4. The zero-order valence-electron chi connectivity index (χ0n) is 18.2. The van der Waals surface area contributed by atoms with Crippen LogP contribution < -0.4 is 10.5 Å². The molecule has 0 fully saturated rings. The lowest BCUT2D eigenvalue weighted by Crippen LogP contribution is -2.20. The normalized spacial score (nSPS) is 12.1. The Morgan fingerprint density at radius 2 is 1.50 bits per heavy atom. The first-order valence-corrected chi connectivity index (χ1v) is 12.2. The van der Waals surface area contributed by atoms with Gasteiger partial charge in [-0.25, -0.2) is 13.2 Å². The summed E-state index contributed by atoms with van der Waals surface area (Å²) in [4.78, 5) is 10.8. The molecular weight excluding hydrogens is 450 g/mol. The zero-order chi connectivity index (χ0) is 24.1. The van der Waals surface area contributed by atoms with Gasteiger partial charge in [0, 0.05) is 16.4 Å². The van der Waals surface area contributed by atoms with Gasteiger partial charge in [-0.05, 0) is 34.2 Å². The van der Waals surface area contributed by atoms with Crippen molar-refractivity contribution in [1.29, 1.82) is 0 Å². The van der Waals surface area contributed by atoms with Crippen LogP contribution in [0.15, 0.2) is 102 Å². The lowest BCUT2D eigenvalue weighted by molar-refractivity contribution is -0.139. The molecule has 0 heterocycles. The van der Waals surface area contributed by atoms with Crippen molar-refractivity contribution in [2.45, 2.75) is 5.37 Å². The summed E-state index contributed by atoms with van der Waals surface area (Å²) >= 11 is 0. The molecule has 7 heteroatoms. The molecule has 4 rings (SSSR count). The van der Waals surface area contributed by atoms with Gasteiger partial charge in [-0.2, -0.15) is 0 Å². The number of sulfone groups is 1. The van der Waals surface area contributed by atoms with E-state index >= 15 is 0 Å². The van der Waals surface area contributed by atoms with Crippen LogP contribution in [0, 0.1) is 0 Å². The van der Waals surface area contributed by atoms with E-state index in [1.54, 1.807) is 36.4 Å². The molecule has 0 aliphatic rings. The van der Waals surface area contributed by atoms with Crippen LogP contribution in [0.2, 0.25) is 0 Å². The average molecular weight is 474 g/mol. The summed E-state index contributed by atoms with van der Waals surface area (Å²) in [5.41, 5.74) is 8.77. The van der Waals surface area contributed by atoms with Gasteiger partial charge >= 0.3 is 5.97 Å². The van der Waals surface area contributed by atoms with Gasteiger partial charge in [-0.15, -0.1) is 0 Å². The van der Waals surface area contributed by atoms with Gasteiger partial charge < -0.3 is 15.6 Å². The van der Waals surface area contributed by atoms with E-state index in [9.17, 15) is 13.2 Å². The van der Waals surface area contributed by atoms with E-state index < -0.39 is 27.8 Å². The largest absolute Gasteiger partial charge is 0.481 e. The molecule has 0 bridgehead atoms. The molecule has 0 aromatic heterocycles. The van der Waals surface area contributed by atoms with Crippen molar-refractivity contribution in [3.05, 3.63) is 119 Å². The predicted molar refractivity (Wildman–Crippen MR) is 133 cm³/mol. The van der Waals surface area contributed by atoms with Gasteiger partial charge in [0.2, 0.25) is 0 Å². The Hall–Kier alpha value is -3.94. The minimum Gasteiger partial charge on any atom is -0.481 e. The fraction of sp³-hybridized carbons (Fsp3) is 0.0741. The maximum Gasteiger partial charge on any atom is 0.341 e. The zero-order valence-corrected chi connectivity index (χ0v) is 19.0. The number of fused-ring (bicyclic) bond motifs is 1. The van der Waals surface area contributed by atoms with E-state index in [0.717, 1.165) is 11.1 Å². The number of carbonyl (C=O) groups is 1. The Labute approximate surface area is 197 Å². The third-order valence-electron chi connectivity index (χ3n) is 5.35. The molecule has 0 saturated heterocycles. The number of nitrogens with two attached hydrogens (primary N) is 1. The second-order valence-corrected chi connectivity index (χ2v) is 9.61. The highest BCUT2D eigenvalue weighted by atomic mass is 32.2. The molecule has 4 aromatic carbocycles. The van der Waals surface area contributed by atoms with Crippen molar-refractivity contribution in [3.8, 4) is 5.75 Å². The first-order chi connectivity index (χ1) is 16.3. The molecule has 0 spiro atoms. The molecule has 172 valence electrons. The van der Waals surface area contributed by atoms with Gasteiger partial charge in [0.15, 0.2) is 16.4 Å². The molecule has 0 saturated carbocycles. The second kappa shape index (κ2) is 9.91. The van der Waals surface area contributed by atoms with Crippen LogP contribution in [-0.2, 0) is 14.6 Å². The van der Waals surface area contributed by atoms with Crippen LogP contribution in [-0.4, -0.2) is 26.1 Å². The van der Waals surface area contributed by atoms with Crippen molar-refractivity contribution in [3.63, 3.8) is 0 Å². The number of ether oxygens (including phenoxy) is 1. The Morgan fingerprint density at radius 3 is 2.09 bits per heavy atom. The minimum atomic E-state index is -3.90. The molecule has 0 aliphatic carbocycles. The number of hydrogen-bond donors (Lipinski definition) is 2. The highest BCUT2D eigenvalue weighted by Gasteiger charge is 2.23. The van der Waals surface area contributed by atoms with Crippen LogP contribution in [0.25, 0.3) is 16.3 Å². The fourth-order valence-corrected chi connectivity index (χ4v) is 4.95. The van der Waals surface area contributed by atoms with Crippen LogP contribution in [0.3, 0.4) is 0 Å². The summed E-state index contributed by atoms with van der Waals surface area (Å²) in [6, 6.07) is 28.7. The third kappa shape index (κ3) is 5.17. The van der Waals surface area contributed by atoms with Crippen LogP contribution in [0.1, 0.15) is 22.1 Å². The molecule has 1 unspecified atom stereocenters. The minimum absolute atomic E-state index is 0.401. The summed E-state index contributed by atoms with van der Waals surface area (Å²) in [6.45, 7) is -0.471. The predicted octanol–water partition coefficient (Wildman–Crippen LogP) is 4.76. The molecular formula is C27H23NO5S. The molecule has 0 amide bonds. The summed E-state index contributed by atoms with van der Waals surface area (Å²) in [7, 11) is -3.90. The van der Waals surface area contributed by atoms with E-state index in [2.05, 4.69) is 0 Å². The Bertz CT molecular complexity index is 1410. The first kappa shape index (κ1) is 23.2. The van der Waals surface area contributed by atoms with E-state index in [1.807, 2.05) is 60.7 Å². The standard InChI is InChI=1S/C27H23NO5S/c28-27(22-14-15-23-21(16-22)12-7-13-25(23)33-17-26(29)30)34(31,32)18-24(19-8-3-1-4-9-19)20-10-5-2-6-11-20/h1-16,18,27H,17,28H2,(H,29,30). The first-order valence-electron chi connectivity index (χ1n) is 10.5. The SMILES string of the molecule is NC(c1ccc2c(OCC(=O)O)cccc2c1)S(=O)(=O)C=C(c1ccccc1)c1ccccc1. The molecule has 34 heavy (non-hydrogen) atoms. The van der Waals surface area contributed by atoms with Crippen molar-refractivity contribution in [2.24, 2.45) is 5.73 Å². The average Bonchev–Trinajstić information content (AvgIpc) is 2.86. The summed E-state index contributed by atoms with van der Waals surface area (Å²) < 4.78 is 32.1. The molecule has 0 aliphatic heterocycles. The molecule has 4 aromatic rings. The van der Waals surface area contributed by atoms with Crippen LogP contribution >= 0.6 is 0 Å². The molecule has 0 radical (unpaired) electrons. The van der Waals surface area contributed by atoms with E-state index in [1.165, 1.54) is 5.41 Å². The number of hydrogen-bond acceptors (Lipinski definition) is 5. The monoisotopic (exact) mass is 473 g/mol. The number of aliphatic carboxylic acids is 1. The van der Waals surface area contributed by atoms with Gasteiger partial charge in [0.05, 0.1) is 0 Å². The maximum atomic E-state index is 13.4. The smallest absolute Gasteiger partial charge is 0.341 e. The summed E-state index contributed by atoms with van der Waals surface area (Å²) in [6.07, 6.45) is 0. The quantitative estimate of drug-likeness (QED) is 0.382. The summed E-state index contributed by atoms with van der Waals surface area (Å²) in [5.74, 6) is -0.681. The fourth-order valence-electron chi connectivity index (χ4n) is 3.68. The van der Waals surface area contributed by atoms with E-state index in [-0.39, 0.29) is 0 Å². The lowest BCUT2D eigenvalue weighted by Gasteiger charge is -2.15. The Morgan fingerprint density at radius 1 is 0.882 bits per heavy atom. The highest BCUT2D eigenvalue weighted by Crippen LogP contribution is 2.31. The van der Waals surface area contributed by atoms with E-state index in [4.69, 9.17) is 15.6 Å². The number of carboxylic acid groups (broad SMARTS) is 1.